The van der Waals surface area contributed by atoms with Crippen molar-refractivity contribution < 1.29 is 13.2 Å². The number of ether oxygens (including phenoxy) is 1. The van der Waals surface area contributed by atoms with Gasteiger partial charge in [0.2, 0.25) is 10.0 Å². The molecule has 0 radical (unpaired) electrons. The first kappa shape index (κ1) is 20.9. The Hall–Kier alpha value is -0.130. The Kier molecular flexibility index (Phi) is 8.53. The summed E-state index contributed by atoms with van der Waals surface area (Å²) in [5.74, 6) is 1.36. The maximum Gasteiger partial charge on any atom is 0.211 e. The van der Waals surface area contributed by atoms with Crippen LogP contribution in [0, 0.1) is 5.92 Å². The van der Waals surface area contributed by atoms with Crippen molar-refractivity contribution >= 4 is 40.0 Å². The smallest absolute Gasteiger partial charge is 0.211 e. The summed E-state index contributed by atoms with van der Waals surface area (Å²) in [4.78, 5) is 6.40. The molecule has 0 amide bonds. The normalized spacial score (nSPS) is 26.1. The molecule has 136 valence electrons. The molecule has 2 rings (SSSR count). The summed E-state index contributed by atoms with van der Waals surface area (Å²) in [5, 5.41) is 3.32. The van der Waals surface area contributed by atoms with E-state index in [0.29, 0.717) is 19.0 Å². The van der Waals surface area contributed by atoms with Crippen molar-refractivity contribution in [3.63, 3.8) is 0 Å². The Morgan fingerprint density at radius 1 is 1.43 bits per heavy atom. The molecule has 0 aromatic rings. The topological polar surface area (TPSA) is 74.2 Å². The summed E-state index contributed by atoms with van der Waals surface area (Å²) in [6, 6.07) is 0.0231. The highest BCUT2D eigenvalue weighted by Gasteiger charge is 2.31. The van der Waals surface area contributed by atoms with Gasteiger partial charge < -0.3 is 15.0 Å². The molecule has 0 bridgehead atoms. The van der Waals surface area contributed by atoms with E-state index < -0.39 is 10.0 Å². The molecule has 0 spiro atoms. The van der Waals surface area contributed by atoms with E-state index in [2.05, 4.69) is 15.2 Å². The van der Waals surface area contributed by atoms with Crippen LogP contribution < -0.4 is 5.32 Å². The molecule has 0 saturated carbocycles. The van der Waals surface area contributed by atoms with Gasteiger partial charge in [-0.2, -0.15) is 4.31 Å². The molecular formula is C14H29IN4O3S. The minimum absolute atomic E-state index is 0. The Balaban J connectivity index is 0.00000264. The molecule has 2 saturated heterocycles. The molecule has 2 aliphatic rings. The zero-order valence-corrected chi connectivity index (χ0v) is 17.3. The average Bonchev–Trinajstić information content (AvgIpc) is 3.09. The van der Waals surface area contributed by atoms with Gasteiger partial charge in [-0.15, -0.1) is 24.0 Å². The third-order valence-corrected chi connectivity index (χ3v) is 5.71. The van der Waals surface area contributed by atoms with Gasteiger partial charge in [0.1, 0.15) is 0 Å². The predicted octanol–water partition coefficient (Wildman–Crippen LogP) is 0.572. The maximum atomic E-state index is 11.8. The summed E-state index contributed by atoms with van der Waals surface area (Å²) >= 11 is 0. The van der Waals surface area contributed by atoms with Crippen molar-refractivity contribution in [2.75, 3.05) is 53.2 Å². The van der Waals surface area contributed by atoms with Crippen molar-refractivity contribution in [1.29, 1.82) is 0 Å². The number of halogens is 1. The second kappa shape index (κ2) is 9.38. The van der Waals surface area contributed by atoms with Crippen molar-refractivity contribution in [3.05, 3.63) is 0 Å². The molecule has 2 fully saturated rings. The lowest BCUT2D eigenvalue weighted by Gasteiger charge is -2.27. The Morgan fingerprint density at radius 2 is 2.17 bits per heavy atom. The lowest BCUT2D eigenvalue weighted by molar-refractivity contribution is 0.181. The number of rotatable bonds is 5. The van der Waals surface area contributed by atoms with Gasteiger partial charge in [0, 0.05) is 52.3 Å². The third kappa shape index (κ3) is 6.02. The van der Waals surface area contributed by atoms with Gasteiger partial charge in [-0.25, -0.2) is 8.42 Å². The van der Waals surface area contributed by atoms with Crippen LogP contribution in [-0.2, 0) is 14.8 Å². The number of hydrogen-bond acceptors (Lipinski definition) is 4. The first-order valence-electron chi connectivity index (χ1n) is 7.88. The van der Waals surface area contributed by atoms with E-state index in [1.165, 1.54) is 6.26 Å². The van der Waals surface area contributed by atoms with E-state index >= 15 is 0 Å². The van der Waals surface area contributed by atoms with Crippen LogP contribution in [0.2, 0.25) is 0 Å². The van der Waals surface area contributed by atoms with Gasteiger partial charge in [0.05, 0.1) is 12.9 Å². The van der Waals surface area contributed by atoms with Crippen LogP contribution in [0.25, 0.3) is 0 Å². The summed E-state index contributed by atoms with van der Waals surface area (Å²) in [6.07, 6.45) is 4.20. The standard InChI is InChI=1S/C14H28N4O3S.HI/c1-15-14(17(2)10-12-6-8-21-11-12)16-9-13-5-4-7-18(13)22(3,19)20;/h12-13H,4-11H2,1-3H3,(H,15,16);1H/t12?,13-;/m1./s1. The highest BCUT2D eigenvalue weighted by atomic mass is 127. The number of nitrogens with one attached hydrogen (secondary N) is 1. The molecule has 23 heavy (non-hydrogen) atoms. The molecule has 2 heterocycles. The minimum Gasteiger partial charge on any atom is -0.381 e. The fourth-order valence-corrected chi connectivity index (χ4v) is 4.43. The molecule has 0 aliphatic carbocycles. The van der Waals surface area contributed by atoms with Gasteiger partial charge in [-0.1, -0.05) is 0 Å². The van der Waals surface area contributed by atoms with Gasteiger partial charge in [-0.05, 0) is 19.3 Å². The maximum absolute atomic E-state index is 11.8. The number of nitrogens with zero attached hydrogens (tertiary/aromatic N) is 3. The van der Waals surface area contributed by atoms with Gasteiger partial charge in [0.15, 0.2) is 5.96 Å². The Bertz CT molecular complexity index is 494. The number of hydrogen-bond donors (Lipinski definition) is 1. The van der Waals surface area contributed by atoms with Crippen LogP contribution in [0.4, 0.5) is 0 Å². The number of guanidine groups is 1. The van der Waals surface area contributed by atoms with E-state index in [-0.39, 0.29) is 30.0 Å². The van der Waals surface area contributed by atoms with Crippen molar-refractivity contribution in [3.8, 4) is 0 Å². The summed E-state index contributed by atoms with van der Waals surface area (Å²) in [6.45, 7) is 3.78. The quantitative estimate of drug-likeness (QED) is 0.369. The van der Waals surface area contributed by atoms with Gasteiger partial charge in [-0.3, -0.25) is 4.99 Å². The van der Waals surface area contributed by atoms with Crippen molar-refractivity contribution in [2.24, 2.45) is 10.9 Å². The van der Waals surface area contributed by atoms with Crippen LogP contribution in [0.3, 0.4) is 0 Å². The predicted molar refractivity (Wildman–Crippen MR) is 103 cm³/mol. The van der Waals surface area contributed by atoms with E-state index in [1.807, 2.05) is 7.05 Å². The van der Waals surface area contributed by atoms with Crippen LogP contribution in [0.1, 0.15) is 19.3 Å². The molecule has 0 aromatic carbocycles. The third-order valence-electron chi connectivity index (χ3n) is 4.37. The minimum atomic E-state index is -3.12. The van der Waals surface area contributed by atoms with Crippen LogP contribution >= 0.6 is 24.0 Å². The Morgan fingerprint density at radius 3 is 2.74 bits per heavy atom. The lowest BCUT2D eigenvalue weighted by atomic mass is 10.1. The monoisotopic (exact) mass is 460 g/mol. The molecule has 2 atom stereocenters. The van der Waals surface area contributed by atoms with Crippen molar-refractivity contribution in [1.82, 2.24) is 14.5 Å². The highest BCUT2D eigenvalue weighted by molar-refractivity contribution is 14.0. The van der Waals surface area contributed by atoms with E-state index in [9.17, 15) is 8.42 Å². The summed E-state index contributed by atoms with van der Waals surface area (Å²) < 4.78 is 30.5. The summed E-state index contributed by atoms with van der Waals surface area (Å²) in [7, 11) is 0.646. The zero-order valence-electron chi connectivity index (χ0n) is 14.2. The van der Waals surface area contributed by atoms with Crippen LogP contribution in [-0.4, -0.2) is 82.8 Å². The first-order valence-corrected chi connectivity index (χ1v) is 9.73. The van der Waals surface area contributed by atoms with E-state index in [0.717, 1.165) is 45.0 Å². The number of sulfonamides is 1. The van der Waals surface area contributed by atoms with E-state index in [4.69, 9.17) is 4.74 Å². The average molecular weight is 460 g/mol. The largest absolute Gasteiger partial charge is 0.381 e. The number of aliphatic imine (C=N–C) groups is 1. The SMILES string of the molecule is CN=C(NC[C@H]1CCCN1S(C)(=O)=O)N(C)CC1CCOC1.I. The first-order chi connectivity index (χ1) is 10.4. The van der Waals surface area contributed by atoms with Crippen LogP contribution in [0.5, 0.6) is 0 Å². The molecular weight excluding hydrogens is 431 g/mol. The summed E-state index contributed by atoms with van der Waals surface area (Å²) in [5.41, 5.74) is 0. The zero-order chi connectivity index (χ0) is 16.2. The molecule has 2 aliphatic heterocycles. The second-order valence-electron chi connectivity index (χ2n) is 6.21. The van der Waals surface area contributed by atoms with Gasteiger partial charge >= 0.3 is 0 Å². The molecule has 1 unspecified atom stereocenters. The molecule has 0 aromatic heterocycles. The van der Waals surface area contributed by atoms with E-state index in [1.54, 1.807) is 11.4 Å². The highest BCUT2D eigenvalue weighted by Crippen LogP contribution is 2.19. The lowest BCUT2D eigenvalue weighted by Crippen LogP contribution is -2.47. The Labute approximate surface area is 156 Å². The fraction of sp³-hybridized carbons (Fsp3) is 0.929. The van der Waals surface area contributed by atoms with Crippen molar-refractivity contribution in [2.45, 2.75) is 25.3 Å². The molecule has 7 nitrogen and oxygen atoms in total. The molecule has 1 N–H and O–H groups in total. The second-order valence-corrected chi connectivity index (χ2v) is 8.14. The molecule has 9 heteroatoms. The fourth-order valence-electron chi connectivity index (χ4n) is 3.24. The van der Waals surface area contributed by atoms with Gasteiger partial charge in [0.25, 0.3) is 0 Å². The van der Waals surface area contributed by atoms with Crippen LogP contribution in [0.15, 0.2) is 4.99 Å².